The third-order valence-electron chi connectivity index (χ3n) is 3.41. The highest BCUT2D eigenvalue weighted by Gasteiger charge is 1.92. The maximum atomic E-state index is 5.12. The highest BCUT2D eigenvalue weighted by molar-refractivity contribution is 5.82. The van der Waals surface area contributed by atoms with E-state index in [1.807, 2.05) is 31.2 Å². The molecule has 3 nitrogen and oxygen atoms in total. The van der Waals surface area contributed by atoms with Gasteiger partial charge < -0.3 is 4.74 Å². The normalized spacial score (nSPS) is 11.7. The molecule has 2 aromatic rings. The first kappa shape index (κ1) is 16.7. The molecule has 0 bridgehead atoms. The van der Waals surface area contributed by atoms with Gasteiger partial charge in [-0.05, 0) is 60.7 Å². The topological polar surface area (TPSA) is 34.0 Å². The first-order valence-corrected chi connectivity index (χ1v) is 7.72. The average Bonchev–Trinajstić information content (AvgIpc) is 2.61. The largest absolute Gasteiger partial charge is 0.497 e. The number of ether oxygens (including phenoxy) is 1. The molecule has 2 rings (SSSR count). The van der Waals surface area contributed by atoms with Gasteiger partial charge in [0.05, 0.1) is 19.5 Å². The van der Waals surface area contributed by atoms with Crippen LogP contribution in [0.2, 0.25) is 0 Å². The Morgan fingerprint density at radius 3 is 1.96 bits per heavy atom. The molecule has 0 aromatic heterocycles. The van der Waals surface area contributed by atoms with E-state index < -0.39 is 0 Å². The van der Waals surface area contributed by atoms with Gasteiger partial charge in [0.1, 0.15) is 5.75 Å². The Labute approximate surface area is 138 Å². The highest BCUT2D eigenvalue weighted by atomic mass is 16.5. The molecule has 2 aromatic carbocycles. The summed E-state index contributed by atoms with van der Waals surface area (Å²) < 4.78 is 5.12. The predicted octanol–water partition coefficient (Wildman–Crippen LogP) is 4.66. The molecule has 0 atom stereocenters. The summed E-state index contributed by atoms with van der Waals surface area (Å²) >= 11 is 0. The van der Waals surface area contributed by atoms with Crippen molar-refractivity contribution in [3.63, 3.8) is 0 Å². The second kappa shape index (κ2) is 9.36. The van der Waals surface area contributed by atoms with E-state index in [2.05, 4.69) is 46.6 Å². The summed E-state index contributed by atoms with van der Waals surface area (Å²) in [6, 6.07) is 16.1. The Bertz CT molecular complexity index is 668. The van der Waals surface area contributed by atoms with E-state index in [9.17, 15) is 0 Å². The van der Waals surface area contributed by atoms with E-state index in [1.54, 1.807) is 19.5 Å². The van der Waals surface area contributed by atoms with Gasteiger partial charge in [-0.3, -0.25) is 0 Å². The van der Waals surface area contributed by atoms with Crippen LogP contribution >= 0.6 is 0 Å². The molecule has 0 aliphatic carbocycles. The second-order valence-corrected chi connectivity index (χ2v) is 5.11. The number of allylic oxidation sites excluding steroid dienone is 2. The average molecular weight is 306 g/mol. The van der Waals surface area contributed by atoms with Gasteiger partial charge in [0.2, 0.25) is 0 Å². The van der Waals surface area contributed by atoms with E-state index in [0.717, 1.165) is 29.7 Å². The third kappa shape index (κ3) is 5.91. The van der Waals surface area contributed by atoms with Crippen LogP contribution < -0.4 is 4.74 Å². The first-order valence-electron chi connectivity index (χ1n) is 7.72. The second-order valence-electron chi connectivity index (χ2n) is 5.11. The minimum Gasteiger partial charge on any atom is -0.497 e. The minimum atomic E-state index is 0.833. The van der Waals surface area contributed by atoms with E-state index in [0.29, 0.717) is 0 Å². The Morgan fingerprint density at radius 1 is 0.870 bits per heavy atom. The van der Waals surface area contributed by atoms with Gasteiger partial charge in [-0.15, -0.1) is 0 Å². The van der Waals surface area contributed by atoms with Crippen molar-refractivity contribution in [3.8, 4) is 5.75 Å². The fourth-order valence-corrected chi connectivity index (χ4v) is 2.08. The van der Waals surface area contributed by atoms with Gasteiger partial charge in [-0.2, -0.15) is 10.2 Å². The number of hydrogen-bond donors (Lipinski definition) is 0. The van der Waals surface area contributed by atoms with E-state index in [1.165, 1.54) is 5.56 Å². The monoisotopic (exact) mass is 306 g/mol. The Morgan fingerprint density at radius 2 is 1.43 bits per heavy atom. The summed E-state index contributed by atoms with van der Waals surface area (Å²) in [6.45, 7) is 2.05. The van der Waals surface area contributed by atoms with Crippen LogP contribution in [0.3, 0.4) is 0 Å². The summed E-state index contributed by atoms with van der Waals surface area (Å²) in [4.78, 5) is 0. The maximum Gasteiger partial charge on any atom is 0.118 e. The first-order chi connectivity index (χ1) is 11.3. The molecule has 0 radical (unpaired) electrons. The van der Waals surface area contributed by atoms with Crippen LogP contribution in [-0.4, -0.2) is 19.5 Å². The number of methoxy groups -OCH3 is 1. The number of rotatable bonds is 7. The van der Waals surface area contributed by atoms with Crippen molar-refractivity contribution in [2.24, 2.45) is 10.2 Å². The van der Waals surface area contributed by atoms with Crippen molar-refractivity contribution in [1.82, 2.24) is 0 Å². The molecule has 0 amide bonds. The van der Waals surface area contributed by atoms with Gasteiger partial charge >= 0.3 is 0 Å². The Hall–Kier alpha value is -2.68. The molecular weight excluding hydrogens is 284 g/mol. The van der Waals surface area contributed by atoms with E-state index >= 15 is 0 Å². The molecule has 0 saturated carbocycles. The van der Waals surface area contributed by atoms with Crippen molar-refractivity contribution < 1.29 is 4.74 Å². The zero-order valence-electron chi connectivity index (χ0n) is 13.6. The lowest BCUT2D eigenvalue weighted by molar-refractivity contribution is 0.415. The van der Waals surface area contributed by atoms with Crippen LogP contribution in [0.4, 0.5) is 0 Å². The molecule has 0 aliphatic rings. The van der Waals surface area contributed by atoms with Gasteiger partial charge in [0.15, 0.2) is 0 Å². The third-order valence-corrected chi connectivity index (χ3v) is 3.41. The smallest absolute Gasteiger partial charge is 0.118 e. The maximum absolute atomic E-state index is 5.12. The van der Waals surface area contributed by atoms with Crippen LogP contribution in [0.5, 0.6) is 5.75 Å². The van der Waals surface area contributed by atoms with Crippen LogP contribution in [0.15, 0.2) is 70.9 Å². The fraction of sp³-hybridized carbons (Fsp3) is 0.200. The van der Waals surface area contributed by atoms with Gasteiger partial charge in [0.25, 0.3) is 0 Å². The summed E-state index contributed by atoms with van der Waals surface area (Å²) in [5, 5.41) is 8.16. The Balaban J connectivity index is 1.87. The molecule has 23 heavy (non-hydrogen) atoms. The number of nitrogens with zero attached hydrogens (tertiary/aromatic N) is 2. The van der Waals surface area contributed by atoms with Crippen molar-refractivity contribution in [1.29, 1.82) is 0 Å². The van der Waals surface area contributed by atoms with E-state index in [-0.39, 0.29) is 0 Å². The van der Waals surface area contributed by atoms with Gasteiger partial charge in [-0.25, -0.2) is 0 Å². The van der Waals surface area contributed by atoms with Crippen LogP contribution in [0, 0.1) is 0 Å². The number of benzene rings is 2. The molecule has 0 spiro atoms. The SMILES string of the molecule is C/C=C/CCc1ccc(/C=N/N=C/c2ccc(OC)cc2)cc1. The van der Waals surface area contributed by atoms with Crippen LogP contribution in [-0.2, 0) is 6.42 Å². The van der Waals surface area contributed by atoms with Gasteiger partial charge in [0, 0.05) is 0 Å². The zero-order chi connectivity index (χ0) is 16.3. The highest BCUT2D eigenvalue weighted by Crippen LogP contribution is 2.10. The number of hydrogen-bond acceptors (Lipinski definition) is 3. The minimum absolute atomic E-state index is 0.833. The lowest BCUT2D eigenvalue weighted by Crippen LogP contribution is -1.86. The number of aryl methyl sites for hydroxylation is 1. The summed E-state index contributed by atoms with van der Waals surface area (Å²) in [7, 11) is 1.65. The molecule has 118 valence electrons. The fourth-order valence-electron chi connectivity index (χ4n) is 2.08. The summed E-state index contributed by atoms with van der Waals surface area (Å²) in [5.74, 6) is 0.833. The molecule has 0 saturated heterocycles. The van der Waals surface area contributed by atoms with Crippen LogP contribution in [0.1, 0.15) is 30.0 Å². The summed E-state index contributed by atoms with van der Waals surface area (Å²) in [6.07, 6.45) is 9.90. The molecule has 3 heteroatoms. The predicted molar refractivity (Wildman–Crippen MR) is 97.8 cm³/mol. The quantitative estimate of drug-likeness (QED) is 0.416. The standard InChI is InChI=1S/C20H22N2O/c1-3-4-5-6-17-7-9-18(10-8-17)15-21-22-16-19-11-13-20(23-2)14-12-19/h3-4,7-16H,5-6H2,1-2H3/b4-3+,21-15+,22-16+. The Kier molecular flexibility index (Phi) is 6.79. The summed E-state index contributed by atoms with van der Waals surface area (Å²) in [5.41, 5.74) is 3.37. The molecule has 0 heterocycles. The lowest BCUT2D eigenvalue weighted by atomic mass is 10.1. The molecule has 0 unspecified atom stereocenters. The molecule has 0 fully saturated rings. The molecule has 0 aliphatic heterocycles. The van der Waals surface area contributed by atoms with Crippen LogP contribution in [0.25, 0.3) is 0 Å². The lowest BCUT2D eigenvalue weighted by Gasteiger charge is -1.99. The van der Waals surface area contributed by atoms with Crippen molar-refractivity contribution in [2.45, 2.75) is 19.8 Å². The van der Waals surface area contributed by atoms with Gasteiger partial charge in [-0.1, -0.05) is 36.4 Å². The van der Waals surface area contributed by atoms with Crippen molar-refractivity contribution >= 4 is 12.4 Å². The zero-order valence-corrected chi connectivity index (χ0v) is 13.6. The molecule has 0 N–H and O–H groups in total. The van der Waals surface area contributed by atoms with E-state index in [4.69, 9.17) is 4.74 Å². The molecular formula is C20H22N2O. The van der Waals surface area contributed by atoms with Crippen molar-refractivity contribution in [3.05, 3.63) is 77.4 Å². The van der Waals surface area contributed by atoms with Crippen molar-refractivity contribution in [2.75, 3.05) is 7.11 Å².